The second-order valence-electron chi connectivity index (χ2n) is 7.40. The van der Waals surface area contributed by atoms with Gasteiger partial charge in [-0.25, -0.2) is 4.98 Å². The summed E-state index contributed by atoms with van der Waals surface area (Å²) in [6.45, 7) is 6.56. The maximum absolute atomic E-state index is 12.0. The minimum absolute atomic E-state index is 0.00802. The summed E-state index contributed by atoms with van der Waals surface area (Å²) in [5.41, 5.74) is 3.93. The molecule has 0 saturated heterocycles. The second-order valence-corrected chi connectivity index (χ2v) is 7.81. The summed E-state index contributed by atoms with van der Waals surface area (Å²) in [7, 11) is 0. The molecule has 0 unspecified atom stereocenters. The van der Waals surface area contributed by atoms with Crippen molar-refractivity contribution in [3.63, 3.8) is 0 Å². The lowest BCUT2D eigenvalue weighted by molar-refractivity contribution is -0.116. The normalized spacial score (nSPS) is 13.9. The highest BCUT2D eigenvalue weighted by Gasteiger charge is 2.21. The monoisotopic (exact) mass is 382 g/mol. The van der Waals surface area contributed by atoms with Crippen molar-refractivity contribution in [2.75, 3.05) is 16.8 Å². The van der Waals surface area contributed by atoms with Crippen molar-refractivity contribution in [3.05, 3.63) is 53.3 Å². The van der Waals surface area contributed by atoms with E-state index in [9.17, 15) is 4.79 Å². The third-order valence-corrected chi connectivity index (χ3v) is 5.16. The summed E-state index contributed by atoms with van der Waals surface area (Å²) in [6, 6.07) is 14.1. The van der Waals surface area contributed by atoms with Gasteiger partial charge >= 0.3 is 0 Å². The molecule has 1 aliphatic rings. The van der Waals surface area contributed by atoms with Crippen molar-refractivity contribution in [3.8, 4) is 0 Å². The van der Waals surface area contributed by atoms with E-state index in [4.69, 9.17) is 16.6 Å². The van der Waals surface area contributed by atoms with Crippen molar-refractivity contribution in [1.82, 2.24) is 9.55 Å². The minimum atomic E-state index is -0.00802. The molecule has 6 heteroatoms. The number of anilines is 2. The topological polar surface area (TPSA) is 50.2 Å². The van der Waals surface area contributed by atoms with Gasteiger partial charge in [0.25, 0.3) is 0 Å². The summed E-state index contributed by atoms with van der Waals surface area (Å²) in [6.07, 6.45) is 0.487. The van der Waals surface area contributed by atoms with Crippen molar-refractivity contribution < 1.29 is 4.79 Å². The number of halogens is 1. The number of amides is 1. The molecule has 0 radical (unpaired) electrons. The lowest BCUT2D eigenvalue weighted by atomic mass is 10.1. The van der Waals surface area contributed by atoms with E-state index < -0.39 is 0 Å². The van der Waals surface area contributed by atoms with Crippen LogP contribution in [0.3, 0.4) is 0 Å². The number of carbonyl (C=O) groups is 1. The number of imidazole rings is 1. The van der Waals surface area contributed by atoms with E-state index >= 15 is 0 Å². The van der Waals surface area contributed by atoms with Crippen LogP contribution in [0.1, 0.15) is 26.1 Å². The Morgan fingerprint density at radius 3 is 2.81 bits per heavy atom. The molecule has 5 nitrogen and oxygen atoms in total. The molecule has 0 spiro atoms. The first-order valence-electron chi connectivity index (χ1n) is 9.30. The van der Waals surface area contributed by atoms with Crippen molar-refractivity contribution in [1.29, 1.82) is 0 Å². The van der Waals surface area contributed by atoms with E-state index in [1.54, 1.807) is 0 Å². The fourth-order valence-electron chi connectivity index (χ4n) is 3.56. The molecule has 140 valence electrons. The minimum Gasteiger partial charge on any atom is -0.362 e. The summed E-state index contributed by atoms with van der Waals surface area (Å²) < 4.78 is 2.29. The lowest BCUT2D eigenvalue weighted by Crippen LogP contribution is -2.33. The van der Waals surface area contributed by atoms with E-state index in [0.717, 1.165) is 36.7 Å². The predicted octanol–water partition coefficient (Wildman–Crippen LogP) is 4.69. The largest absolute Gasteiger partial charge is 0.362 e. The number of fused-ring (bicyclic) bond motifs is 3. The zero-order chi connectivity index (χ0) is 19.0. The standard InChI is InChI=1S/C21H23ClN4O/c1-14(2)11-21(27)24-17-8-7-15(12-16(17)22)25-9-10-26-19-6-4-3-5-18(19)23-20(26)13-25/h3-8,12,14H,9-11,13H2,1-2H3,(H,24,27). The summed E-state index contributed by atoms with van der Waals surface area (Å²) in [5.74, 6) is 1.37. The Balaban J connectivity index is 1.52. The number of nitrogens with zero attached hydrogens (tertiary/aromatic N) is 3. The first-order chi connectivity index (χ1) is 13.0. The third-order valence-electron chi connectivity index (χ3n) is 4.84. The Hall–Kier alpha value is -2.53. The smallest absolute Gasteiger partial charge is 0.224 e. The van der Waals surface area contributed by atoms with E-state index in [2.05, 4.69) is 33.0 Å². The quantitative estimate of drug-likeness (QED) is 0.711. The summed E-state index contributed by atoms with van der Waals surface area (Å²) in [5, 5.41) is 3.46. The van der Waals surface area contributed by atoms with Crippen molar-refractivity contribution >= 4 is 39.9 Å². The molecule has 0 bridgehead atoms. The van der Waals surface area contributed by atoms with Crippen LogP contribution < -0.4 is 10.2 Å². The molecule has 0 atom stereocenters. The Morgan fingerprint density at radius 1 is 1.22 bits per heavy atom. The van der Waals surface area contributed by atoms with Crippen molar-refractivity contribution in [2.45, 2.75) is 33.4 Å². The van der Waals surface area contributed by atoms with Crippen LogP contribution in [0.25, 0.3) is 11.0 Å². The summed E-state index contributed by atoms with van der Waals surface area (Å²) >= 11 is 6.43. The summed E-state index contributed by atoms with van der Waals surface area (Å²) in [4.78, 5) is 19.0. The number of benzene rings is 2. The van der Waals surface area contributed by atoms with Gasteiger partial charge in [-0.3, -0.25) is 4.79 Å². The van der Waals surface area contributed by atoms with Crippen LogP contribution in [0.15, 0.2) is 42.5 Å². The maximum Gasteiger partial charge on any atom is 0.224 e. The molecule has 27 heavy (non-hydrogen) atoms. The average molecular weight is 383 g/mol. The van der Waals surface area contributed by atoms with Crippen LogP contribution in [-0.2, 0) is 17.9 Å². The van der Waals surface area contributed by atoms with Gasteiger partial charge in [0.05, 0.1) is 28.3 Å². The molecule has 1 aromatic heterocycles. The van der Waals surface area contributed by atoms with Gasteiger partial charge in [-0.05, 0) is 36.2 Å². The number of nitrogens with one attached hydrogen (secondary N) is 1. The highest BCUT2D eigenvalue weighted by molar-refractivity contribution is 6.34. The zero-order valence-corrected chi connectivity index (χ0v) is 16.3. The SMILES string of the molecule is CC(C)CC(=O)Nc1ccc(N2CCn3c(nc4ccccc43)C2)cc1Cl. The Morgan fingerprint density at radius 2 is 2.04 bits per heavy atom. The van der Waals surface area contributed by atoms with Crippen LogP contribution in [0, 0.1) is 5.92 Å². The highest BCUT2D eigenvalue weighted by Crippen LogP contribution is 2.30. The third kappa shape index (κ3) is 3.65. The van der Waals surface area contributed by atoms with Gasteiger partial charge < -0.3 is 14.8 Å². The number of rotatable bonds is 4. The molecule has 0 fully saturated rings. The molecule has 1 amide bonds. The number of aromatic nitrogens is 2. The number of para-hydroxylation sites is 2. The van der Waals surface area contributed by atoms with Gasteiger partial charge in [0.1, 0.15) is 5.82 Å². The molecular weight excluding hydrogens is 360 g/mol. The van der Waals surface area contributed by atoms with Crippen LogP contribution in [0.2, 0.25) is 5.02 Å². The van der Waals surface area contributed by atoms with E-state index in [1.807, 2.05) is 38.1 Å². The lowest BCUT2D eigenvalue weighted by Gasteiger charge is -2.30. The molecule has 4 rings (SSSR count). The van der Waals surface area contributed by atoms with Crippen molar-refractivity contribution in [2.24, 2.45) is 5.92 Å². The fourth-order valence-corrected chi connectivity index (χ4v) is 3.78. The van der Waals surface area contributed by atoms with Crippen LogP contribution in [0.4, 0.5) is 11.4 Å². The fraction of sp³-hybridized carbons (Fsp3) is 0.333. The number of carbonyl (C=O) groups excluding carboxylic acids is 1. The molecule has 0 saturated carbocycles. The van der Waals surface area contributed by atoms with Crippen LogP contribution in [-0.4, -0.2) is 22.0 Å². The van der Waals surface area contributed by atoms with Gasteiger partial charge in [0.15, 0.2) is 0 Å². The molecule has 3 aromatic rings. The zero-order valence-electron chi connectivity index (χ0n) is 15.6. The van der Waals surface area contributed by atoms with E-state index in [-0.39, 0.29) is 5.91 Å². The first kappa shape index (κ1) is 17.9. The van der Waals surface area contributed by atoms with Gasteiger partial charge in [-0.15, -0.1) is 0 Å². The number of hydrogen-bond acceptors (Lipinski definition) is 3. The molecule has 1 aliphatic heterocycles. The molecule has 0 aliphatic carbocycles. The molecular formula is C21H23ClN4O. The van der Waals surface area contributed by atoms with Gasteiger partial charge in [0, 0.05) is 25.2 Å². The predicted molar refractivity (Wildman–Crippen MR) is 110 cm³/mol. The van der Waals surface area contributed by atoms with Crippen LogP contribution >= 0.6 is 11.6 Å². The van der Waals surface area contributed by atoms with Gasteiger partial charge in [-0.1, -0.05) is 37.6 Å². The van der Waals surface area contributed by atoms with Gasteiger partial charge in [-0.2, -0.15) is 0 Å². The van der Waals surface area contributed by atoms with Crippen LogP contribution in [0.5, 0.6) is 0 Å². The highest BCUT2D eigenvalue weighted by atomic mass is 35.5. The molecule has 2 heterocycles. The number of hydrogen-bond donors (Lipinski definition) is 1. The first-order valence-corrected chi connectivity index (χ1v) is 9.67. The molecule has 1 N–H and O–H groups in total. The Kier molecular flexibility index (Phi) is 4.79. The average Bonchev–Trinajstić information content (AvgIpc) is 3.00. The Labute approximate surface area is 163 Å². The van der Waals surface area contributed by atoms with E-state index in [0.29, 0.717) is 23.0 Å². The molecule has 2 aromatic carbocycles. The van der Waals surface area contributed by atoms with Gasteiger partial charge in [0.2, 0.25) is 5.91 Å². The van der Waals surface area contributed by atoms with E-state index in [1.165, 1.54) is 5.52 Å². The Bertz CT molecular complexity index is 995. The maximum atomic E-state index is 12.0. The second kappa shape index (κ2) is 7.24.